The van der Waals surface area contributed by atoms with Crippen LogP contribution in [0.3, 0.4) is 0 Å². The van der Waals surface area contributed by atoms with E-state index in [0.29, 0.717) is 25.9 Å². The highest BCUT2D eigenvalue weighted by molar-refractivity contribution is 5.86. The zero-order valence-corrected chi connectivity index (χ0v) is 9.00. The van der Waals surface area contributed by atoms with Gasteiger partial charge in [0.2, 0.25) is 5.91 Å². The van der Waals surface area contributed by atoms with Crippen molar-refractivity contribution >= 4 is 11.7 Å². The molecule has 0 aromatic heterocycles. The fraction of sp³-hybridized carbons (Fsp3) is 0.818. The number of nitrogens with zero attached hydrogens (tertiary/aromatic N) is 1. The molecule has 15 heavy (non-hydrogen) atoms. The Morgan fingerprint density at radius 3 is 2.60 bits per heavy atom. The Morgan fingerprint density at radius 1 is 1.27 bits per heavy atom. The molecule has 0 radical (unpaired) electrons. The molecule has 2 saturated heterocycles. The van der Waals surface area contributed by atoms with E-state index in [1.807, 2.05) is 4.90 Å². The summed E-state index contributed by atoms with van der Waals surface area (Å²) in [5.41, 5.74) is 0. The molecule has 1 unspecified atom stereocenters. The first kappa shape index (κ1) is 10.6. The number of nitrogens with one attached hydrogen (secondary N) is 1. The van der Waals surface area contributed by atoms with Gasteiger partial charge in [0, 0.05) is 25.9 Å². The topological polar surface area (TPSA) is 49.4 Å². The first-order valence-electron chi connectivity index (χ1n) is 5.81. The maximum absolute atomic E-state index is 12.0. The Balaban J connectivity index is 1.86. The monoisotopic (exact) mass is 210 g/mol. The Labute approximate surface area is 90.0 Å². The number of hydrogen-bond acceptors (Lipinski definition) is 3. The van der Waals surface area contributed by atoms with Crippen LogP contribution in [0.2, 0.25) is 0 Å². The molecule has 0 bridgehead atoms. The summed E-state index contributed by atoms with van der Waals surface area (Å²) in [4.78, 5) is 24.9. The minimum absolute atomic E-state index is 0.00644. The molecular weight excluding hydrogens is 192 g/mol. The van der Waals surface area contributed by atoms with Crippen LogP contribution in [-0.4, -0.2) is 42.3 Å². The molecule has 1 amide bonds. The SMILES string of the molecule is O=C1CCN(C(=O)C2CCCCN2)CC1. The Morgan fingerprint density at radius 2 is 2.00 bits per heavy atom. The van der Waals surface area contributed by atoms with E-state index in [1.165, 1.54) is 6.42 Å². The highest BCUT2D eigenvalue weighted by atomic mass is 16.2. The van der Waals surface area contributed by atoms with Gasteiger partial charge in [-0.1, -0.05) is 6.42 Å². The van der Waals surface area contributed by atoms with Crippen LogP contribution in [0.15, 0.2) is 0 Å². The van der Waals surface area contributed by atoms with Gasteiger partial charge in [0.25, 0.3) is 0 Å². The van der Waals surface area contributed by atoms with E-state index in [9.17, 15) is 9.59 Å². The Hall–Kier alpha value is -0.900. The minimum Gasteiger partial charge on any atom is -0.340 e. The number of piperidine rings is 2. The molecule has 0 saturated carbocycles. The molecule has 2 aliphatic heterocycles. The Bertz CT molecular complexity index is 249. The van der Waals surface area contributed by atoms with Crippen LogP contribution in [0.4, 0.5) is 0 Å². The third-order valence-corrected chi connectivity index (χ3v) is 3.24. The molecule has 4 nitrogen and oxygen atoms in total. The number of carbonyl (C=O) groups is 2. The minimum atomic E-state index is 0.00644. The van der Waals surface area contributed by atoms with Crippen LogP contribution >= 0.6 is 0 Å². The largest absolute Gasteiger partial charge is 0.340 e. The molecular formula is C11H18N2O2. The van der Waals surface area contributed by atoms with Crippen LogP contribution in [0, 0.1) is 0 Å². The molecule has 2 fully saturated rings. The van der Waals surface area contributed by atoms with Crippen LogP contribution in [0.25, 0.3) is 0 Å². The second-order valence-corrected chi connectivity index (χ2v) is 4.37. The lowest BCUT2D eigenvalue weighted by molar-refractivity contribution is -0.136. The molecule has 0 spiro atoms. The third-order valence-electron chi connectivity index (χ3n) is 3.24. The van der Waals surface area contributed by atoms with Crippen LogP contribution < -0.4 is 5.32 Å². The van der Waals surface area contributed by atoms with Crippen molar-refractivity contribution in [2.24, 2.45) is 0 Å². The van der Waals surface area contributed by atoms with Crippen LogP contribution in [0.1, 0.15) is 32.1 Å². The molecule has 84 valence electrons. The summed E-state index contributed by atoms with van der Waals surface area (Å²) in [5, 5.41) is 3.25. The molecule has 1 N–H and O–H groups in total. The molecule has 0 aromatic carbocycles. The predicted molar refractivity (Wildman–Crippen MR) is 56.5 cm³/mol. The first-order chi connectivity index (χ1) is 7.27. The number of carbonyl (C=O) groups excluding carboxylic acids is 2. The second-order valence-electron chi connectivity index (χ2n) is 4.37. The summed E-state index contributed by atoms with van der Waals surface area (Å²) < 4.78 is 0. The number of hydrogen-bond donors (Lipinski definition) is 1. The number of likely N-dealkylation sites (tertiary alicyclic amines) is 1. The standard InChI is InChI=1S/C11H18N2O2/c14-9-4-7-13(8-5-9)11(15)10-3-1-2-6-12-10/h10,12H,1-8H2. The molecule has 0 aromatic rings. The van der Waals surface area contributed by atoms with Crippen molar-refractivity contribution in [1.29, 1.82) is 0 Å². The van der Waals surface area contributed by atoms with Gasteiger partial charge in [-0.3, -0.25) is 9.59 Å². The summed E-state index contributed by atoms with van der Waals surface area (Å²) in [6.45, 7) is 2.19. The fourth-order valence-electron chi connectivity index (χ4n) is 2.26. The molecule has 2 heterocycles. The normalized spacial score (nSPS) is 27.9. The lowest BCUT2D eigenvalue weighted by Crippen LogP contribution is -2.50. The van der Waals surface area contributed by atoms with E-state index in [-0.39, 0.29) is 17.7 Å². The van der Waals surface area contributed by atoms with Gasteiger partial charge in [0.05, 0.1) is 6.04 Å². The summed E-state index contributed by atoms with van der Waals surface area (Å²) in [6.07, 6.45) is 4.33. The fourth-order valence-corrected chi connectivity index (χ4v) is 2.26. The lowest BCUT2D eigenvalue weighted by Gasteiger charge is -2.31. The predicted octanol–water partition coefficient (Wildman–Crippen LogP) is 0.320. The highest BCUT2D eigenvalue weighted by Gasteiger charge is 2.27. The average molecular weight is 210 g/mol. The van der Waals surface area contributed by atoms with Gasteiger partial charge >= 0.3 is 0 Å². The van der Waals surface area contributed by atoms with Crippen molar-refractivity contribution in [3.8, 4) is 0 Å². The summed E-state index contributed by atoms with van der Waals surface area (Å²) in [6, 6.07) is 0.00644. The van der Waals surface area contributed by atoms with Crippen LogP contribution in [0.5, 0.6) is 0 Å². The quantitative estimate of drug-likeness (QED) is 0.678. The van der Waals surface area contributed by atoms with E-state index in [1.54, 1.807) is 0 Å². The van der Waals surface area contributed by atoms with Gasteiger partial charge in [-0.2, -0.15) is 0 Å². The maximum atomic E-state index is 12.0. The van der Waals surface area contributed by atoms with Gasteiger partial charge < -0.3 is 10.2 Å². The summed E-state index contributed by atoms with van der Waals surface area (Å²) in [5.74, 6) is 0.484. The first-order valence-corrected chi connectivity index (χ1v) is 5.81. The van der Waals surface area contributed by atoms with Crippen molar-refractivity contribution in [2.45, 2.75) is 38.1 Å². The smallest absolute Gasteiger partial charge is 0.239 e. The zero-order valence-electron chi connectivity index (χ0n) is 9.00. The number of rotatable bonds is 1. The molecule has 1 atom stereocenters. The number of ketones is 1. The van der Waals surface area contributed by atoms with Gasteiger partial charge in [-0.05, 0) is 19.4 Å². The van der Waals surface area contributed by atoms with E-state index in [4.69, 9.17) is 0 Å². The zero-order chi connectivity index (χ0) is 10.7. The summed E-state index contributed by atoms with van der Waals surface area (Å²) >= 11 is 0. The van der Waals surface area contributed by atoms with Gasteiger partial charge in [0.1, 0.15) is 5.78 Å². The molecule has 4 heteroatoms. The van der Waals surface area contributed by atoms with E-state index in [0.717, 1.165) is 19.4 Å². The van der Waals surface area contributed by atoms with Gasteiger partial charge in [-0.25, -0.2) is 0 Å². The van der Waals surface area contributed by atoms with E-state index < -0.39 is 0 Å². The average Bonchev–Trinajstić information content (AvgIpc) is 2.30. The lowest BCUT2D eigenvalue weighted by atomic mass is 10.0. The molecule has 0 aliphatic carbocycles. The van der Waals surface area contributed by atoms with Crippen molar-refractivity contribution in [2.75, 3.05) is 19.6 Å². The van der Waals surface area contributed by atoms with Crippen molar-refractivity contribution in [1.82, 2.24) is 10.2 Å². The molecule has 2 aliphatic rings. The second kappa shape index (κ2) is 4.75. The number of Topliss-reactive ketones (excluding diaryl/α,β-unsaturated/α-hetero) is 1. The highest BCUT2D eigenvalue weighted by Crippen LogP contribution is 2.13. The van der Waals surface area contributed by atoms with Crippen molar-refractivity contribution in [3.05, 3.63) is 0 Å². The molecule has 2 rings (SSSR count). The number of amides is 1. The van der Waals surface area contributed by atoms with Crippen molar-refractivity contribution in [3.63, 3.8) is 0 Å². The van der Waals surface area contributed by atoms with Crippen molar-refractivity contribution < 1.29 is 9.59 Å². The third kappa shape index (κ3) is 2.56. The maximum Gasteiger partial charge on any atom is 0.239 e. The summed E-state index contributed by atoms with van der Waals surface area (Å²) in [7, 11) is 0. The Kier molecular flexibility index (Phi) is 3.36. The van der Waals surface area contributed by atoms with Gasteiger partial charge in [-0.15, -0.1) is 0 Å². The van der Waals surface area contributed by atoms with E-state index in [2.05, 4.69) is 5.32 Å². The van der Waals surface area contributed by atoms with E-state index >= 15 is 0 Å². The van der Waals surface area contributed by atoms with Crippen LogP contribution in [-0.2, 0) is 9.59 Å². The van der Waals surface area contributed by atoms with Gasteiger partial charge in [0.15, 0.2) is 0 Å².